The Balaban J connectivity index is 2.00. The quantitative estimate of drug-likeness (QED) is 0.910. The summed E-state index contributed by atoms with van der Waals surface area (Å²) >= 11 is 0. The molecule has 0 spiro atoms. The van der Waals surface area contributed by atoms with E-state index in [1.54, 1.807) is 14.1 Å². The molecule has 2 aromatic rings. The van der Waals surface area contributed by atoms with Crippen LogP contribution in [-0.2, 0) is 6.54 Å². The largest absolute Gasteiger partial charge is 0.373 e. The zero-order valence-corrected chi connectivity index (χ0v) is 12.4. The Kier molecular flexibility index (Phi) is 4.93. The van der Waals surface area contributed by atoms with Crippen molar-refractivity contribution in [1.82, 2.24) is 5.32 Å². The van der Waals surface area contributed by atoms with E-state index in [0.29, 0.717) is 6.54 Å². The van der Waals surface area contributed by atoms with Crippen LogP contribution in [0.25, 0.3) is 0 Å². The summed E-state index contributed by atoms with van der Waals surface area (Å²) in [4.78, 5) is 13.1. The second-order valence-corrected chi connectivity index (χ2v) is 4.98. The number of benzene rings is 2. The monoisotopic (exact) mass is 305 g/mol. The molecule has 0 saturated carbocycles. The van der Waals surface area contributed by atoms with Crippen LogP contribution in [0.1, 0.15) is 5.56 Å². The number of hydrogen-bond donors (Lipinski definition) is 2. The molecule has 6 heteroatoms. The molecule has 0 bridgehead atoms. The van der Waals surface area contributed by atoms with E-state index in [0.717, 1.165) is 17.7 Å². The Hall–Kier alpha value is -2.63. The first-order valence-electron chi connectivity index (χ1n) is 6.72. The van der Waals surface area contributed by atoms with E-state index >= 15 is 0 Å². The summed E-state index contributed by atoms with van der Waals surface area (Å²) in [5.41, 5.74) is 0.847. The summed E-state index contributed by atoms with van der Waals surface area (Å²) in [5, 5.41) is 5.03. The van der Waals surface area contributed by atoms with Crippen molar-refractivity contribution in [2.45, 2.75) is 6.54 Å². The zero-order chi connectivity index (χ0) is 16.1. The number of nitrogens with zero attached hydrogens (tertiary/aromatic N) is 1. The van der Waals surface area contributed by atoms with Gasteiger partial charge in [0.05, 0.1) is 0 Å². The zero-order valence-electron chi connectivity index (χ0n) is 12.4. The SMILES string of the molecule is CN(C)c1c(F)cc(NC(=O)NCc2ccccc2)cc1F. The Labute approximate surface area is 127 Å². The molecule has 0 aliphatic carbocycles. The van der Waals surface area contributed by atoms with Gasteiger partial charge in [0.25, 0.3) is 0 Å². The lowest BCUT2D eigenvalue weighted by Gasteiger charge is -2.16. The highest BCUT2D eigenvalue weighted by molar-refractivity contribution is 5.89. The molecule has 0 unspecified atom stereocenters. The second kappa shape index (κ2) is 6.89. The summed E-state index contributed by atoms with van der Waals surface area (Å²) < 4.78 is 27.6. The molecule has 0 radical (unpaired) electrons. The fourth-order valence-corrected chi connectivity index (χ4v) is 2.02. The molecular formula is C16H17F2N3O. The molecule has 2 rings (SSSR count). The van der Waals surface area contributed by atoms with Gasteiger partial charge in [-0.25, -0.2) is 13.6 Å². The normalized spacial score (nSPS) is 10.2. The van der Waals surface area contributed by atoms with Crippen molar-refractivity contribution in [3.63, 3.8) is 0 Å². The van der Waals surface area contributed by atoms with Crippen molar-refractivity contribution in [2.75, 3.05) is 24.3 Å². The number of rotatable bonds is 4. The van der Waals surface area contributed by atoms with Gasteiger partial charge in [-0.15, -0.1) is 0 Å². The highest BCUT2D eigenvalue weighted by Gasteiger charge is 2.14. The smallest absolute Gasteiger partial charge is 0.319 e. The lowest BCUT2D eigenvalue weighted by molar-refractivity contribution is 0.251. The molecule has 0 fully saturated rings. The van der Waals surface area contributed by atoms with Crippen LogP contribution >= 0.6 is 0 Å². The first-order valence-corrected chi connectivity index (χ1v) is 6.72. The molecule has 0 aromatic heterocycles. The van der Waals surface area contributed by atoms with E-state index < -0.39 is 17.7 Å². The minimum Gasteiger partial charge on any atom is -0.373 e. The van der Waals surface area contributed by atoms with Gasteiger partial charge in [-0.3, -0.25) is 0 Å². The van der Waals surface area contributed by atoms with Gasteiger partial charge in [-0.2, -0.15) is 0 Å². The van der Waals surface area contributed by atoms with Crippen molar-refractivity contribution in [3.05, 3.63) is 59.7 Å². The van der Waals surface area contributed by atoms with Crippen molar-refractivity contribution < 1.29 is 13.6 Å². The third kappa shape index (κ3) is 3.94. The number of anilines is 2. The van der Waals surface area contributed by atoms with Gasteiger partial charge in [-0.1, -0.05) is 30.3 Å². The summed E-state index contributed by atoms with van der Waals surface area (Å²) in [6, 6.07) is 11.0. The molecule has 0 aliphatic rings. The van der Waals surface area contributed by atoms with Crippen molar-refractivity contribution in [3.8, 4) is 0 Å². The number of hydrogen-bond acceptors (Lipinski definition) is 2. The third-order valence-electron chi connectivity index (χ3n) is 3.02. The second-order valence-electron chi connectivity index (χ2n) is 4.98. The van der Waals surface area contributed by atoms with Gasteiger partial charge in [0.15, 0.2) is 11.6 Å². The number of halogens is 2. The fourth-order valence-electron chi connectivity index (χ4n) is 2.02. The molecule has 2 amide bonds. The van der Waals surface area contributed by atoms with E-state index in [-0.39, 0.29) is 11.4 Å². The average Bonchev–Trinajstić information content (AvgIpc) is 2.45. The molecule has 2 aromatic carbocycles. The Morgan fingerprint density at radius 2 is 1.68 bits per heavy atom. The Bertz CT molecular complexity index is 637. The molecule has 0 heterocycles. The maximum atomic E-state index is 13.8. The maximum Gasteiger partial charge on any atom is 0.319 e. The summed E-state index contributed by atoms with van der Waals surface area (Å²) in [5.74, 6) is -1.47. The molecule has 0 saturated heterocycles. The lowest BCUT2D eigenvalue weighted by Crippen LogP contribution is -2.28. The molecular weight excluding hydrogens is 288 g/mol. The molecule has 116 valence electrons. The van der Waals surface area contributed by atoms with Gasteiger partial charge in [-0.05, 0) is 17.7 Å². The van der Waals surface area contributed by atoms with Crippen LogP contribution in [0, 0.1) is 11.6 Å². The van der Waals surface area contributed by atoms with Gasteiger partial charge < -0.3 is 15.5 Å². The van der Waals surface area contributed by atoms with E-state index in [9.17, 15) is 13.6 Å². The number of carbonyl (C=O) groups is 1. The van der Waals surface area contributed by atoms with E-state index in [2.05, 4.69) is 10.6 Å². The minimum absolute atomic E-state index is 0.0613. The highest BCUT2D eigenvalue weighted by Crippen LogP contribution is 2.25. The molecule has 4 nitrogen and oxygen atoms in total. The maximum absolute atomic E-state index is 13.8. The summed E-state index contributed by atoms with van der Waals surface area (Å²) in [6.07, 6.45) is 0. The fraction of sp³-hybridized carbons (Fsp3) is 0.188. The number of urea groups is 1. The number of carbonyl (C=O) groups excluding carboxylic acids is 1. The van der Waals surface area contributed by atoms with Crippen LogP contribution < -0.4 is 15.5 Å². The summed E-state index contributed by atoms with van der Waals surface area (Å²) in [6.45, 7) is 0.327. The Morgan fingerprint density at radius 1 is 1.09 bits per heavy atom. The van der Waals surface area contributed by atoms with Crippen LogP contribution in [0.5, 0.6) is 0 Å². The van der Waals surface area contributed by atoms with Gasteiger partial charge in [0, 0.05) is 26.3 Å². The van der Waals surface area contributed by atoms with Crippen molar-refractivity contribution >= 4 is 17.4 Å². The van der Waals surface area contributed by atoms with E-state index in [1.165, 1.54) is 4.90 Å². The predicted octanol–water partition coefficient (Wildman–Crippen LogP) is 3.35. The Morgan fingerprint density at radius 3 is 2.23 bits per heavy atom. The van der Waals surface area contributed by atoms with Gasteiger partial charge in [0.1, 0.15) is 5.69 Å². The van der Waals surface area contributed by atoms with E-state index in [1.807, 2.05) is 30.3 Å². The molecule has 0 aliphatic heterocycles. The van der Waals surface area contributed by atoms with E-state index in [4.69, 9.17) is 0 Å². The van der Waals surface area contributed by atoms with Gasteiger partial charge >= 0.3 is 6.03 Å². The number of amides is 2. The summed E-state index contributed by atoms with van der Waals surface area (Å²) in [7, 11) is 3.09. The van der Waals surface area contributed by atoms with Crippen molar-refractivity contribution in [2.24, 2.45) is 0 Å². The molecule has 22 heavy (non-hydrogen) atoms. The first kappa shape index (κ1) is 15.8. The third-order valence-corrected chi connectivity index (χ3v) is 3.02. The van der Waals surface area contributed by atoms with Crippen LogP contribution in [-0.4, -0.2) is 20.1 Å². The van der Waals surface area contributed by atoms with Crippen LogP contribution in [0.2, 0.25) is 0 Å². The van der Waals surface area contributed by atoms with Crippen LogP contribution in [0.3, 0.4) is 0 Å². The lowest BCUT2D eigenvalue weighted by atomic mass is 10.2. The van der Waals surface area contributed by atoms with Crippen molar-refractivity contribution in [1.29, 1.82) is 0 Å². The first-order chi connectivity index (χ1) is 10.5. The average molecular weight is 305 g/mol. The topological polar surface area (TPSA) is 44.4 Å². The predicted molar refractivity (Wildman–Crippen MR) is 83.0 cm³/mol. The minimum atomic E-state index is -0.733. The molecule has 0 atom stereocenters. The van der Waals surface area contributed by atoms with Crippen LogP contribution in [0.4, 0.5) is 25.0 Å². The van der Waals surface area contributed by atoms with Gasteiger partial charge in [0.2, 0.25) is 0 Å². The highest BCUT2D eigenvalue weighted by atomic mass is 19.1. The number of nitrogens with one attached hydrogen (secondary N) is 2. The molecule has 2 N–H and O–H groups in total. The van der Waals surface area contributed by atoms with Crippen LogP contribution in [0.15, 0.2) is 42.5 Å². The standard InChI is InChI=1S/C16H17F2N3O/c1-21(2)15-13(17)8-12(9-14(15)18)20-16(22)19-10-11-6-4-3-5-7-11/h3-9H,10H2,1-2H3,(H2,19,20,22).